The van der Waals surface area contributed by atoms with Gasteiger partial charge < -0.3 is 4.74 Å². The Kier molecular flexibility index (Phi) is 2.81. The second-order valence-corrected chi connectivity index (χ2v) is 3.84. The maximum Gasteiger partial charge on any atom is 0.319 e. The minimum absolute atomic E-state index is 0.342. The number of benzene rings is 1. The molecule has 0 aliphatic heterocycles. The molecule has 0 amide bonds. The van der Waals surface area contributed by atoms with Crippen LogP contribution in [0.5, 0.6) is 10.9 Å². The van der Waals surface area contributed by atoms with E-state index in [4.69, 9.17) is 27.9 Å². The number of nitrogens with zero attached hydrogens (tertiary/aromatic N) is 3. The molecule has 0 saturated heterocycles. The van der Waals surface area contributed by atoms with E-state index in [1.807, 2.05) is 0 Å². The second-order valence-electron chi connectivity index (χ2n) is 2.31. The number of ether oxygens (including phenoxy) is 1. The number of hydrogen-bond acceptors (Lipinski definition) is 5. The molecule has 4 nitrogen and oxygen atoms in total. The van der Waals surface area contributed by atoms with Crippen LogP contribution >= 0.6 is 34.7 Å². The largest absolute Gasteiger partial charge is 0.427 e. The summed E-state index contributed by atoms with van der Waals surface area (Å²) in [6.45, 7) is 0. The van der Waals surface area contributed by atoms with Crippen LogP contribution in [0.1, 0.15) is 0 Å². The van der Waals surface area contributed by atoms with Gasteiger partial charge in [0.05, 0.1) is 5.02 Å². The van der Waals surface area contributed by atoms with E-state index in [1.165, 1.54) is 0 Å². The van der Waals surface area contributed by atoms with Crippen molar-refractivity contribution < 1.29 is 4.74 Å². The molecule has 2 aromatic rings. The maximum absolute atomic E-state index is 5.87. The van der Waals surface area contributed by atoms with E-state index in [0.717, 1.165) is 11.5 Å². The molecule has 2 rings (SSSR count). The summed E-state index contributed by atoms with van der Waals surface area (Å²) in [4.78, 5) is 0. The van der Waals surface area contributed by atoms with Crippen molar-refractivity contribution in [1.82, 2.24) is 14.8 Å². The molecule has 72 valence electrons. The molecule has 0 unspecified atom stereocenters. The van der Waals surface area contributed by atoms with E-state index < -0.39 is 0 Å². The minimum Gasteiger partial charge on any atom is -0.427 e. The zero-order valence-electron chi connectivity index (χ0n) is 6.65. The first-order chi connectivity index (χ1) is 6.75. The maximum atomic E-state index is 5.87. The van der Waals surface area contributed by atoms with Crippen molar-refractivity contribution in [2.45, 2.75) is 0 Å². The van der Waals surface area contributed by atoms with Crippen molar-refractivity contribution >= 4 is 34.7 Å². The lowest BCUT2D eigenvalue weighted by atomic mass is 10.3. The van der Waals surface area contributed by atoms with Gasteiger partial charge in [-0.05, 0) is 23.4 Å². The van der Waals surface area contributed by atoms with E-state index >= 15 is 0 Å². The second kappa shape index (κ2) is 4.08. The summed E-state index contributed by atoms with van der Waals surface area (Å²) in [7, 11) is 0. The monoisotopic (exact) mass is 247 g/mol. The minimum atomic E-state index is 0.342. The quantitative estimate of drug-likeness (QED) is 0.819. The molecular formula is C7H3Cl2N3OS. The van der Waals surface area contributed by atoms with Crippen LogP contribution in [0.2, 0.25) is 10.0 Å². The van der Waals surface area contributed by atoms with E-state index in [0.29, 0.717) is 21.0 Å². The van der Waals surface area contributed by atoms with Crippen LogP contribution in [0.15, 0.2) is 18.2 Å². The van der Waals surface area contributed by atoms with Crippen LogP contribution < -0.4 is 4.74 Å². The third kappa shape index (κ3) is 2.12. The molecule has 0 bridgehead atoms. The fraction of sp³-hybridized carbons (Fsp3) is 0. The molecule has 0 aliphatic rings. The smallest absolute Gasteiger partial charge is 0.319 e. The zero-order valence-corrected chi connectivity index (χ0v) is 8.97. The Bertz CT molecular complexity index is 435. The van der Waals surface area contributed by atoms with Crippen molar-refractivity contribution in [2.24, 2.45) is 0 Å². The highest BCUT2D eigenvalue weighted by atomic mass is 35.5. The van der Waals surface area contributed by atoms with Crippen LogP contribution in [-0.2, 0) is 0 Å². The van der Waals surface area contributed by atoms with E-state index in [2.05, 4.69) is 14.8 Å². The van der Waals surface area contributed by atoms with Crippen molar-refractivity contribution in [3.8, 4) is 10.9 Å². The van der Waals surface area contributed by atoms with Gasteiger partial charge in [-0.3, -0.25) is 0 Å². The summed E-state index contributed by atoms with van der Waals surface area (Å²) >= 11 is 12.6. The summed E-state index contributed by atoms with van der Waals surface area (Å²) in [6, 6.07) is 4.93. The molecule has 0 aliphatic carbocycles. The van der Waals surface area contributed by atoms with Crippen LogP contribution in [-0.4, -0.2) is 14.8 Å². The number of halogens is 2. The fourth-order valence-electron chi connectivity index (χ4n) is 0.817. The van der Waals surface area contributed by atoms with Gasteiger partial charge >= 0.3 is 5.19 Å². The normalized spacial score (nSPS) is 10.1. The fourth-order valence-corrected chi connectivity index (χ4v) is 1.61. The zero-order chi connectivity index (χ0) is 9.97. The molecule has 0 radical (unpaired) electrons. The van der Waals surface area contributed by atoms with E-state index in [9.17, 15) is 0 Å². The Morgan fingerprint density at radius 3 is 2.79 bits per heavy atom. The Hall–Kier alpha value is -0.910. The Balaban J connectivity index is 2.25. The van der Waals surface area contributed by atoms with Gasteiger partial charge in [-0.25, -0.2) is 0 Å². The summed E-state index contributed by atoms with van der Waals surface area (Å²) in [5.74, 6) is 0.481. The van der Waals surface area contributed by atoms with Gasteiger partial charge in [-0.15, -0.1) is 0 Å². The first kappa shape index (κ1) is 9.64. The SMILES string of the molecule is Clc1ccc(Oc2nnns2)c(Cl)c1. The summed E-state index contributed by atoms with van der Waals surface area (Å²) in [5, 5.41) is 8.33. The number of rotatable bonds is 2. The lowest BCUT2D eigenvalue weighted by Crippen LogP contribution is -1.84. The number of hydrogen-bond donors (Lipinski definition) is 0. The van der Waals surface area contributed by atoms with Crippen molar-refractivity contribution in [1.29, 1.82) is 0 Å². The molecule has 0 fully saturated rings. The van der Waals surface area contributed by atoms with Gasteiger partial charge in [0.2, 0.25) is 0 Å². The standard InChI is InChI=1S/C7H3Cl2N3OS/c8-4-1-2-6(5(9)3-4)13-7-10-11-12-14-7/h1-3H. The molecule has 0 spiro atoms. The molecule has 1 aromatic heterocycles. The highest BCUT2D eigenvalue weighted by Crippen LogP contribution is 2.31. The third-order valence-corrected chi connectivity index (χ3v) is 2.38. The van der Waals surface area contributed by atoms with Crippen LogP contribution in [0.4, 0.5) is 0 Å². The van der Waals surface area contributed by atoms with Gasteiger partial charge in [0, 0.05) is 16.6 Å². The average molecular weight is 248 g/mol. The molecule has 1 aromatic carbocycles. The van der Waals surface area contributed by atoms with Crippen molar-refractivity contribution in [3.05, 3.63) is 28.2 Å². The average Bonchev–Trinajstić information content (AvgIpc) is 2.62. The van der Waals surface area contributed by atoms with Crippen LogP contribution in [0, 0.1) is 0 Å². The first-order valence-electron chi connectivity index (χ1n) is 3.53. The number of aromatic nitrogens is 3. The molecule has 7 heteroatoms. The van der Waals surface area contributed by atoms with Gasteiger partial charge in [0.1, 0.15) is 5.75 Å². The third-order valence-electron chi connectivity index (χ3n) is 1.37. The lowest BCUT2D eigenvalue weighted by Gasteiger charge is -2.02. The summed E-state index contributed by atoms with van der Waals surface area (Å²) in [5.41, 5.74) is 0. The van der Waals surface area contributed by atoms with E-state index in [1.54, 1.807) is 18.2 Å². The van der Waals surface area contributed by atoms with Gasteiger partial charge in [0.25, 0.3) is 0 Å². The Morgan fingerprint density at radius 2 is 2.14 bits per heavy atom. The summed E-state index contributed by atoms with van der Waals surface area (Å²) in [6.07, 6.45) is 0. The molecule has 0 atom stereocenters. The highest BCUT2D eigenvalue weighted by Gasteiger charge is 2.06. The molecule has 0 N–H and O–H groups in total. The van der Waals surface area contributed by atoms with Crippen LogP contribution in [0.3, 0.4) is 0 Å². The molecule has 1 heterocycles. The van der Waals surface area contributed by atoms with Gasteiger partial charge in [-0.2, -0.15) is 0 Å². The van der Waals surface area contributed by atoms with Crippen molar-refractivity contribution in [3.63, 3.8) is 0 Å². The summed E-state index contributed by atoms with van der Waals surface area (Å²) < 4.78 is 8.85. The molecule has 0 saturated carbocycles. The topological polar surface area (TPSA) is 47.9 Å². The van der Waals surface area contributed by atoms with E-state index in [-0.39, 0.29) is 0 Å². The van der Waals surface area contributed by atoms with Gasteiger partial charge in [0.15, 0.2) is 0 Å². The molecule has 14 heavy (non-hydrogen) atoms. The lowest BCUT2D eigenvalue weighted by molar-refractivity contribution is 0.473. The van der Waals surface area contributed by atoms with Crippen LogP contribution in [0.25, 0.3) is 0 Å². The van der Waals surface area contributed by atoms with Crippen molar-refractivity contribution in [2.75, 3.05) is 0 Å². The Morgan fingerprint density at radius 1 is 1.29 bits per heavy atom. The highest BCUT2D eigenvalue weighted by molar-refractivity contribution is 7.07. The Labute approximate surface area is 93.6 Å². The predicted molar refractivity (Wildman–Crippen MR) is 54.2 cm³/mol. The first-order valence-corrected chi connectivity index (χ1v) is 5.06. The van der Waals surface area contributed by atoms with Gasteiger partial charge in [-0.1, -0.05) is 32.8 Å². The predicted octanol–water partition coefficient (Wildman–Crippen LogP) is 3.03. The molecular weight excluding hydrogens is 245 g/mol.